The number of carbonyl (C=O) groups is 3. The first-order chi connectivity index (χ1) is 14.5. The standard InChI is InChI=1S/C16H14N3O8.C2H4O/c20-8-3-1-5-11(21)25-14-17-15-19-16(18-14)27-13(23)7-10-24-9-4-2-6-12(22)26-15;1-2-3/h1-2,5-7,10H,3-4,8-9H2;1-2H2. The Kier molecular flexibility index (Phi) is 11.7. The van der Waals surface area contributed by atoms with E-state index >= 15 is 0 Å². The van der Waals surface area contributed by atoms with Crippen LogP contribution < -0.4 is 14.2 Å². The SMILES string of the molecule is [CH2]C[O].[O]CCC=CC(=O)Oc1nc2nc(n1)OC(=O)C=COCCC=CC(=O)O2. The maximum atomic E-state index is 11.7. The predicted molar refractivity (Wildman–Crippen MR) is 95.8 cm³/mol. The van der Waals surface area contributed by atoms with Crippen molar-refractivity contribution in [3.05, 3.63) is 43.6 Å². The van der Waals surface area contributed by atoms with E-state index in [1.54, 1.807) is 0 Å². The summed E-state index contributed by atoms with van der Waals surface area (Å²) in [5, 5.41) is 19.2. The lowest BCUT2D eigenvalue weighted by Gasteiger charge is -2.06. The Labute approximate surface area is 171 Å². The van der Waals surface area contributed by atoms with E-state index in [2.05, 4.69) is 21.9 Å². The van der Waals surface area contributed by atoms with Crippen molar-refractivity contribution in [2.75, 3.05) is 19.8 Å². The summed E-state index contributed by atoms with van der Waals surface area (Å²) in [6.45, 7) is 2.52. The molecule has 1 aliphatic rings. The third-order valence-electron chi connectivity index (χ3n) is 2.64. The van der Waals surface area contributed by atoms with Crippen LogP contribution >= 0.6 is 0 Å². The largest absolute Gasteiger partial charge is 0.501 e. The van der Waals surface area contributed by atoms with Gasteiger partial charge in [-0.05, 0) is 19.8 Å². The monoisotopic (exact) mass is 420 g/mol. The van der Waals surface area contributed by atoms with Crippen molar-refractivity contribution in [1.82, 2.24) is 15.0 Å². The van der Waals surface area contributed by atoms with E-state index in [1.807, 2.05) is 0 Å². The van der Waals surface area contributed by atoms with E-state index in [4.69, 9.17) is 24.1 Å². The highest BCUT2D eigenvalue weighted by Crippen LogP contribution is 2.16. The minimum Gasteiger partial charge on any atom is -0.501 e. The molecule has 12 heteroatoms. The van der Waals surface area contributed by atoms with Crippen LogP contribution in [0.15, 0.2) is 36.6 Å². The van der Waals surface area contributed by atoms with Crippen molar-refractivity contribution in [2.45, 2.75) is 12.8 Å². The first-order valence-electron chi connectivity index (χ1n) is 8.46. The summed E-state index contributed by atoms with van der Waals surface area (Å²) in [5.41, 5.74) is 0. The highest BCUT2D eigenvalue weighted by atomic mass is 16.6. The van der Waals surface area contributed by atoms with E-state index < -0.39 is 35.9 Å². The Hall–Kier alpha value is -3.64. The van der Waals surface area contributed by atoms with Crippen LogP contribution in [0.5, 0.6) is 18.0 Å². The molecule has 1 aromatic rings. The number of rotatable bonds is 4. The van der Waals surface area contributed by atoms with E-state index in [0.717, 1.165) is 24.5 Å². The van der Waals surface area contributed by atoms with Crippen molar-refractivity contribution in [2.24, 2.45) is 0 Å². The highest BCUT2D eigenvalue weighted by Gasteiger charge is 2.16. The number of carbonyl (C=O) groups excluding carboxylic acids is 3. The molecule has 0 fully saturated rings. The van der Waals surface area contributed by atoms with Crippen LogP contribution in [-0.4, -0.2) is 52.7 Å². The van der Waals surface area contributed by atoms with Gasteiger partial charge in [-0.1, -0.05) is 12.2 Å². The van der Waals surface area contributed by atoms with Crippen LogP contribution in [0.1, 0.15) is 12.8 Å². The van der Waals surface area contributed by atoms with Gasteiger partial charge in [0.05, 0.1) is 32.2 Å². The fourth-order valence-electron chi connectivity index (χ4n) is 1.56. The minimum absolute atomic E-state index is 0.138. The molecule has 12 nitrogen and oxygen atoms in total. The molecule has 30 heavy (non-hydrogen) atoms. The molecule has 0 N–H and O–H groups in total. The Bertz CT molecular complexity index is 760. The van der Waals surface area contributed by atoms with Gasteiger partial charge >= 0.3 is 35.9 Å². The summed E-state index contributed by atoms with van der Waals surface area (Å²) in [6.07, 6.45) is 7.57. The van der Waals surface area contributed by atoms with Gasteiger partial charge in [0.1, 0.15) is 0 Å². The van der Waals surface area contributed by atoms with E-state index in [0.29, 0.717) is 6.42 Å². The number of ether oxygens (including phenoxy) is 4. The summed E-state index contributed by atoms with van der Waals surface area (Å²) in [7, 11) is 0. The molecular formula is C18H18N3O9. The number of aromatic nitrogens is 3. The Balaban J connectivity index is 0.00000141. The van der Waals surface area contributed by atoms with Gasteiger partial charge in [-0.25, -0.2) is 24.6 Å². The Morgan fingerprint density at radius 1 is 1.10 bits per heavy atom. The normalized spacial score (nSPS) is 14.0. The molecule has 159 valence electrons. The molecule has 0 amide bonds. The highest BCUT2D eigenvalue weighted by molar-refractivity contribution is 5.84. The fourth-order valence-corrected chi connectivity index (χ4v) is 1.56. The second-order valence-electron chi connectivity index (χ2n) is 4.91. The van der Waals surface area contributed by atoms with Gasteiger partial charge < -0.3 is 18.9 Å². The summed E-state index contributed by atoms with van der Waals surface area (Å²) >= 11 is 0. The maximum Gasteiger partial charge on any atom is 0.341 e. The van der Waals surface area contributed by atoms with Gasteiger partial charge in [0.25, 0.3) is 0 Å². The summed E-state index contributed by atoms with van der Waals surface area (Å²) in [5.74, 6) is -2.57. The van der Waals surface area contributed by atoms with E-state index in [1.165, 1.54) is 12.2 Å². The molecule has 2 bridgehead atoms. The van der Waals surface area contributed by atoms with Crippen molar-refractivity contribution in [1.29, 1.82) is 0 Å². The predicted octanol–water partition coefficient (Wildman–Crippen LogP) is 0.706. The van der Waals surface area contributed by atoms with Gasteiger partial charge in [0, 0.05) is 12.2 Å². The van der Waals surface area contributed by atoms with Gasteiger partial charge in [-0.15, -0.1) is 15.0 Å². The van der Waals surface area contributed by atoms with Crippen molar-refractivity contribution in [3.63, 3.8) is 0 Å². The summed E-state index contributed by atoms with van der Waals surface area (Å²) in [6, 6.07) is -1.66. The summed E-state index contributed by atoms with van der Waals surface area (Å²) in [4.78, 5) is 45.9. The molecule has 0 atom stereocenters. The lowest BCUT2D eigenvalue weighted by molar-refractivity contribution is -0.129. The third-order valence-corrected chi connectivity index (χ3v) is 2.64. The number of nitrogens with zero attached hydrogens (tertiary/aromatic N) is 3. The average Bonchev–Trinajstić information content (AvgIpc) is 2.67. The van der Waals surface area contributed by atoms with Gasteiger partial charge in [0.2, 0.25) is 0 Å². The average molecular weight is 420 g/mol. The molecule has 0 aromatic carbocycles. The molecule has 0 unspecified atom stereocenters. The van der Waals surface area contributed by atoms with Crippen LogP contribution in [0.4, 0.5) is 0 Å². The molecule has 3 radical (unpaired) electrons. The second kappa shape index (κ2) is 14.4. The molecule has 0 aliphatic carbocycles. The zero-order valence-electron chi connectivity index (χ0n) is 15.7. The zero-order valence-corrected chi connectivity index (χ0v) is 15.7. The lowest BCUT2D eigenvalue weighted by atomic mass is 10.4. The maximum absolute atomic E-state index is 11.7. The molecule has 2 heterocycles. The number of fused-ring (bicyclic) bond motifs is 2. The van der Waals surface area contributed by atoms with Crippen LogP contribution in [0.3, 0.4) is 0 Å². The lowest BCUT2D eigenvalue weighted by Crippen LogP contribution is -2.14. The Morgan fingerprint density at radius 2 is 1.73 bits per heavy atom. The topological polar surface area (TPSA) is 167 Å². The van der Waals surface area contributed by atoms with Crippen LogP contribution in [0.25, 0.3) is 0 Å². The molecule has 0 spiro atoms. The third kappa shape index (κ3) is 10.6. The first-order valence-corrected chi connectivity index (χ1v) is 8.46. The minimum atomic E-state index is -0.883. The quantitative estimate of drug-likeness (QED) is 0.499. The Morgan fingerprint density at radius 3 is 2.37 bits per heavy atom. The van der Waals surface area contributed by atoms with Gasteiger partial charge in [-0.2, -0.15) is 0 Å². The van der Waals surface area contributed by atoms with E-state index in [-0.39, 0.29) is 26.2 Å². The number of hydrogen-bond donors (Lipinski definition) is 0. The van der Waals surface area contributed by atoms with Crippen molar-refractivity contribution in [3.8, 4) is 18.0 Å². The smallest absolute Gasteiger partial charge is 0.341 e. The fraction of sp³-hybridized carbons (Fsp3) is 0.278. The molecular weight excluding hydrogens is 402 g/mol. The summed E-state index contributed by atoms with van der Waals surface area (Å²) < 4.78 is 19.5. The zero-order chi connectivity index (χ0) is 22.2. The molecule has 2 rings (SSSR count). The van der Waals surface area contributed by atoms with Crippen molar-refractivity contribution < 1.29 is 43.5 Å². The number of hydrogen-bond acceptors (Lipinski definition) is 10. The molecule has 0 saturated carbocycles. The number of esters is 3. The molecule has 0 saturated heterocycles. The van der Waals surface area contributed by atoms with Crippen LogP contribution in [0, 0.1) is 6.92 Å². The molecule has 1 aliphatic heterocycles. The first kappa shape index (κ1) is 24.4. The van der Waals surface area contributed by atoms with Gasteiger partial charge in [-0.3, -0.25) is 0 Å². The van der Waals surface area contributed by atoms with Crippen LogP contribution in [0.2, 0.25) is 0 Å². The van der Waals surface area contributed by atoms with Gasteiger partial charge in [0.15, 0.2) is 0 Å². The second-order valence-corrected chi connectivity index (χ2v) is 4.91. The molecule has 1 aromatic heterocycles. The van der Waals surface area contributed by atoms with Crippen molar-refractivity contribution >= 4 is 17.9 Å². The van der Waals surface area contributed by atoms with Crippen LogP contribution in [-0.2, 0) is 29.3 Å². The van der Waals surface area contributed by atoms with E-state index in [9.17, 15) is 19.5 Å².